The molecule has 2 bridgehead atoms. The first kappa shape index (κ1) is 9.47. The number of likely N-dealkylation sites (N-methyl/N-ethyl adjacent to an activating group) is 1. The van der Waals surface area contributed by atoms with Gasteiger partial charge in [0, 0.05) is 0 Å². The molecule has 76 valence electrons. The van der Waals surface area contributed by atoms with Gasteiger partial charge in [0.25, 0.3) is 0 Å². The molecular weight excluding hydrogens is 160 g/mol. The van der Waals surface area contributed by atoms with Crippen molar-refractivity contribution < 1.29 is 8.97 Å². The normalized spacial score (nSPS) is 45.2. The summed E-state index contributed by atoms with van der Waals surface area (Å²) in [7, 11) is 2.43. The molecule has 0 amide bonds. The first-order valence-corrected chi connectivity index (χ1v) is 5.57. The fraction of sp³-hybridized carbons (Fsp3) is 1.00. The Morgan fingerprint density at radius 2 is 1.15 bits per heavy atom. The molecule has 0 aromatic rings. The second-order valence-corrected chi connectivity index (χ2v) is 6.28. The molecule has 0 aliphatic carbocycles. The molecule has 0 unspecified atom stereocenters. The van der Waals surface area contributed by atoms with Gasteiger partial charge in [0.05, 0.1) is 12.6 Å². The summed E-state index contributed by atoms with van der Waals surface area (Å²) < 4.78 is 2.72. The fourth-order valence-electron chi connectivity index (χ4n) is 2.98. The van der Waals surface area contributed by atoms with Crippen LogP contribution in [0.15, 0.2) is 0 Å². The minimum atomic E-state index is 0.464. The minimum absolute atomic E-state index is 0.464. The number of hydrogen-bond donors (Lipinski definition) is 0. The summed E-state index contributed by atoms with van der Waals surface area (Å²) in [4.78, 5) is 0. The van der Waals surface area contributed by atoms with Gasteiger partial charge in [-0.25, -0.2) is 0 Å². The Morgan fingerprint density at radius 3 is 1.46 bits per heavy atom. The highest BCUT2D eigenvalue weighted by Crippen LogP contribution is 2.33. The first-order valence-electron chi connectivity index (χ1n) is 5.57. The lowest BCUT2D eigenvalue weighted by molar-refractivity contribution is -1.09. The Bertz CT molecular complexity index is 190. The molecule has 0 aromatic carbocycles. The highest BCUT2D eigenvalue weighted by atomic mass is 15.5. The lowest BCUT2D eigenvalue weighted by atomic mass is 9.95. The van der Waals surface area contributed by atoms with E-state index in [9.17, 15) is 0 Å². The summed E-state index contributed by atoms with van der Waals surface area (Å²) in [5.41, 5.74) is 0.464. The summed E-state index contributed by atoms with van der Waals surface area (Å²) in [6, 6.07) is 0. The highest BCUT2D eigenvalue weighted by Gasteiger charge is 2.52. The topological polar surface area (TPSA) is 0 Å². The minimum Gasteiger partial charge on any atom is -0.312 e. The van der Waals surface area contributed by atoms with Crippen LogP contribution >= 0.6 is 0 Å². The van der Waals surface area contributed by atoms with Crippen LogP contribution < -0.4 is 0 Å². The monoisotopic (exact) mass is 184 g/mol. The van der Waals surface area contributed by atoms with Gasteiger partial charge in [-0.1, -0.05) is 0 Å². The van der Waals surface area contributed by atoms with Crippen molar-refractivity contribution >= 4 is 0 Å². The molecule has 13 heavy (non-hydrogen) atoms. The Balaban J connectivity index is 2.20. The van der Waals surface area contributed by atoms with E-state index in [0.29, 0.717) is 5.54 Å². The molecule has 2 heteroatoms. The lowest BCUT2D eigenvalue weighted by Gasteiger charge is -2.59. The number of hydrogen-bond acceptors (Lipinski definition) is 0. The molecule has 0 atom stereocenters. The van der Waals surface area contributed by atoms with Crippen molar-refractivity contribution in [1.29, 1.82) is 0 Å². The van der Waals surface area contributed by atoms with Crippen LogP contribution in [-0.2, 0) is 0 Å². The number of rotatable bonds is 0. The smallest absolute Gasteiger partial charge is 0.129 e. The Morgan fingerprint density at radius 1 is 0.769 bits per heavy atom. The van der Waals surface area contributed by atoms with Crippen LogP contribution in [0.25, 0.3) is 0 Å². The molecule has 0 radical (unpaired) electrons. The molecule has 3 fully saturated rings. The largest absolute Gasteiger partial charge is 0.312 e. The zero-order valence-electron chi connectivity index (χ0n) is 9.64. The van der Waals surface area contributed by atoms with E-state index in [-0.39, 0.29) is 0 Å². The van der Waals surface area contributed by atoms with Crippen LogP contribution in [0.4, 0.5) is 0 Å². The zero-order valence-corrected chi connectivity index (χ0v) is 9.64. The number of fused-ring (bicyclic) bond motifs is 3. The third kappa shape index (κ3) is 1.31. The molecule has 0 N–H and O–H groups in total. The van der Waals surface area contributed by atoms with E-state index < -0.39 is 0 Å². The van der Waals surface area contributed by atoms with Crippen molar-refractivity contribution in [2.24, 2.45) is 0 Å². The van der Waals surface area contributed by atoms with Gasteiger partial charge >= 0.3 is 0 Å². The van der Waals surface area contributed by atoms with Gasteiger partial charge in [-0.2, -0.15) is 0 Å². The fourth-order valence-corrected chi connectivity index (χ4v) is 2.98. The third-order valence-electron chi connectivity index (χ3n) is 4.63. The maximum atomic E-state index is 2.43. The second-order valence-electron chi connectivity index (χ2n) is 6.28. The van der Waals surface area contributed by atoms with E-state index >= 15 is 0 Å². The molecule has 3 saturated heterocycles. The van der Waals surface area contributed by atoms with Gasteiger partial charge in [-0.3, -0.25) is 0 Å². The Labute approximate surface area is 82.3 Å². The van der Waals surface area contributed by atoms with E-state index in [4.69, 9.17) is 0 Å². The molecule has 3 aliphatic heterocycles. The van der Waals surface area contributed by atoms with Gasteiger partial charge in [0.1, 0.15) is 39.3 Å². The third-order valence-corrected chi connectivity index (χ3v) is 4.63. The van der Waals surface area contributed by atoms with E-state index in [1.807, 2.05) is 0 Å². The van der Waals surface area contributed by atoms with Gasteiger partial charge < -0.3 is 8.97 Å². The Hall–Kier alpha value is -0.0800. The highest BCUT2D eigenvalue weighted by molar-refractivity contribution is 4.70. The van der Waals surface area contributed by atoms with Crippen molar-refractivity contribution in [1.82, 2.24) is 0 Å². The van der Waals surface area contributed by atoms with Crippen molar-refractivity contribution in [3.05, 3.63) is 0 Å². The van der Waals surface area contributed by atoms with Crippen LogP contribution in [0.2, 0.25) is 0 Å². The molecular formula is C11H24N2+2. The molecule has 2 nitrogen and oxygen atoms in total. The van der Waals surface area contributed by atoms with Crippen molar-refractivity contribution in [2.75, 3.05) is 46.3 Å². The van der Waals surface area contributed by atoms with Gasteiger partial charge in [0.15, 0.2) is 0 Å². The number of quaternary nitrogens is 2. The second kappa shape index (κ2) is 2.48. The molecule has 0 saturated carbocycles. The van der Waals surface area contributed by atoms with E-state index in [0.717, 1.165) is 0 Å². The molecule has 0 aromatic heterocycles. The average molecular weight is 184 g/mol. The zero-order chi connectivity index (χ0) is 9.74. The average Bonchev–Trinajstić information content (AvgIpc) is 2.04. The summed E-state index contributed by atoms with van der Waals surface area (Å²) in [5, 5.41) is 0. The van der Waals surface area contributed by atoms with E-state index in [2.05, 4.69) is 27.8 Å². The number of nitrogens with zero attached hydrogens (tertiary/aromatic N) is 2. The van der Waals surface area contributed by atoms with Crippen LogP contribution in [0.1, 0.15) is 20.8 Å². The predicted molar refractivity (Wildman–Crippen MR) is 55.4 cm³/mol. The van der Waals surface area contributed by atoms with Crippen LogP contribution in [0, 0.1) is 0 Å². The van der Waals surface area contributed by atoms with E-state index in [1.54, 1.807) is 0 Å². The van der Waals surface area contributed by atoms with Gasteiger partial charge in [-0.15, -0.1) is 0 Å². The van der Waals surface area contributed by atoms with Crippen molar-refractivity contribution in [3.8, 4) is 0 Å². The molecule has 3 heterocycles. The Kier molecular flexibility index (Phi) is 1.81. The summed E-state index contributed by atoms with van der Waals surface area (Å²) in [6.07, 6.45) is 0. The van der Waals surface area contributed by atoms with Crippen LogP contribution in [0.3, 0.4) is 0 Å². The summed E-state index contributed by atoms with van der Waals surface area (Å²) in [6.45, 7) is 15.6. The molecule has 0 spiro atoms. The predicted octanol–water partition coefficient (Wildman–Crippen LogP) is 1.08. The van der Waals surface area contributed by atoms with Gasteiger partial charge in [0.2, 0.25) is 0 Å². The number of piperazine rings is 3. The van der Waals surface area contributed by atoms with Crippen LogP contribution in [0.5, 0.6) is 0 Å². The first-order chi connectivity index (χ1) is 5.87. The van der Waals surface area contributed by atoms with Crippen LogP contribution in [-0.4, -0.2) is 60.8 Å². The van der Waals surface area contributed by atoms with Gasteiger partial charge in [-0.05, 0) is 20.8 Å². The maximum absolute atomic E-state index is 2.43. The summed E-state index contributed by atoms with van der Waals surface area (Å²) in [5.74, 6) is 0. The maximum Gasteiger partial charge on any atom is 0.129 e. The molecule has 3 aliphatic rings. The van der Waals surface area contributed by atoms with E-state index in [1.165, 1.54) is 48.2 Å². The van der Waals surface area contributed by atoms with Crippen molar-refractivity contribution in [3.63, 3.8) is 0 Å². The van der Waals surface area contributed by atoms with Crippen molar-refractivity contribution in [2.45, 2.75) is 26.3 Å². The lowest BCUT2D eigenvalue weighted by Crippen LogP contribution is -2.78. The standard InChI is InChI=1S/C11H24N2/c1-11(2,3)13-8-5-12(4,6-9-13)7-10-13/h5-10H2,1-4H3/q+2. The molecule has 3 rings (SSSR count). The summed E-state index contributed by atoms with van der Waals surface area (Å²) >= 11 is 0. The quantitative estimate of drug-likeness (QED) is 0.494. The SMILES string of the molecule is CC(C)(C)[N+]12CC[N+](C)(CC1)CC2.